The van der Waals surface area contributed by atoms with Crippen molar-refractivity contribution in [1.29, 1.82) is 0 Å². The second-order valence-electron chi connectivity index (χ2n) is 5.38. The Hall–Kier alpha value is -2.78. The van der Waals surface area contributed by atoms with Crippen LogP contribution in [-0.4, -0.2) is 5.91 Å². The minimum Gasteiger partial charge on any atom is -0.455 e. The van der Waals surface area contributed by atoms with Gasteiger partial charge in [0, 0.05) is 10.6 Å². The van der Waals surface area contributed by atoms with E-state index in [9.17, 15) is 4.79 Å². The van der Waals surface area contributed by atoms with Gasteiger partial charge in [0.25, 0.3) is 5.91 Å². The number of benzene rings is 3. The molecule has 0 aromatic heterocycles. The van der Waals surface area contributed by atoms with Crippen LogP contribution in [0.2, 0.25) is 5.02 Å². The summed E-state index contributed by atoms with van der Waals surface area (Å²) >= 11 is 6.07. The van der Waals surface area contributed by atoms with E-state index in [1.165, 1.54) is 0 Å². The normalized spacial score (nSPS) is 10.2. The summed E-state index contributed by atoms with van der Waals surface area (Å²) in [5, 5.41) is 3.39. The summed E-state index contributed by atoms with van der Waals surface area (Å²) in [4.78, 5) is 12.5. The topological polar surface area (TPSA) is 38.3 Å². The predicted molar refractivity (Wildman–Crippen MR) is 97.1 cm³/mol. The van der Waals surface area contributed by atoms with Gasteiger partial charge in [-0.3, -0.25) is 4.79 Å². The first-order chi connectivity index (χ1) is 11.6. The Morgan fingerprint density at radius 3 is 2.50 bits per heavy atom. The molecule has 1 N–H and O–H groups in total. The second kappa shape index (κ2) is 7.20. The van der Waals surface area contributed by atoms with Gasteiger partial charge in [0.05, 0.1) is 5.69 Å². The number of hydrogen-bond acceptors (Lipinski definition) is 2. The van der Waals surface area contributed by atoms with Crippen LogP contribution in [0.4, 0.5) is 5.69 Å². The summed E-state index contributed by atoms with van der Waals surface area (Å²) in [7, 11) is 0. The van der Waals surface area contributed by atoms with Crippen molar-refractivity contribution < 1.29 is 9.53 Å². The van der Waals surface area contributed by atoms with Gasteiger partial charge in [-0.1, -0.05) is 47.5 Å². The number of nitrogens with one attached hydrogen (secondary N) is 1. The van der Waals surface area contributed by atoms with Gasteiger partial charge in [-0.2, -0.15) is 0 Å². The number of carbonyl (C=O) groups is 1. The predicted octanol–water partition coefficient (Wildman–Crippen LogP) is 5.69. The van der Waals surface area contributed by atoms with Crippen LogP contribution >= 0.6 is 11.6 Å². The third kappa shape index (κ3) is 3.94. The zero-order chi connectivity index (χ0) is 16.9. The van der Waals surface area contributed by atoms with E-state index in [1.54, 1.807) is 24.3 Å². The molecule has 4 heteroatoms. The minimum absolute atomic E-state index is 0.209. The molecule has 0 aliphatic carbocycles. The lowest BCUT2D eigenvalue weighted by Crippen LogP contribution is -2.12. The molecule has 0 unspecified atom stereocenters. The lowest BCUT2D eigenvalue weighted by molar-refractivity contribution is 0.102. The fourth-order valence-corrected chi connectivity index (χ4v) is 2.46. The van der Waals surface area contributed by atoms with Crippen LogP contribution in [0.1, 0.15) is 15.9 Å². The largest absolute Gasteiger partial charge is 0.455 e. The third-order valence-electron chi connectivity index (χ3n) is 3.44. The Bertz CT molecular complexity index is 863. The van der Waals surface area contributed by atoms with Gasteiger partial charge in [-0.25, -0.2) is 0 Å². The first kappa shape index (κ1) is 16.1. The molecule has 0 saturated carbocycles. The summed E-state index contributed by atoms with van der Waals surface area (Å²) < 4.78 is 5.85. The van der Waals surface area contributed by atoms with E-state index in [0.717, 1.165) is 5.56 Å². The van der Waals surface area contributed by atoms with Gasteiger partial charge in [0.15, 0.2) is 5.75 Å². The highest BCUT2D eigenvalue weighted by Crippen LogP contribution is 2.32. The molecule has 0 saturated heterocycles. The summed E-state index contributed by atoms with van der Waals surface area (Å²) in [5.41, 5.74) is 2.13. The van der Waals surface area contributed by atoms with E-state index in [0.29, 0.717) is 27.8 Å². The molecule has 3 aromatic carbocycles. The molecule has 0 aliphatic heterocycles. The molecule has 0 radical (unpaired) electrons. The maximum Gasteiger partial charge on any atom is 0.255 e. The van der Waals surface area contributed by atoms with Gasteiger partial charge >= 0.3 is 0 Å². The lowest BCUT2D eigenvalue weighted by atomic mass is 10.1. The smallest absolute Gasteiger partial charge is 0.255 e. The maximum atomic E-state index is 12.5. The highest BCUT2D eigenvalue weighted by Gasteiger charge is 2.11. The molecule has 1 amide bonds. The second-order valence-corrected chi connectivity index (χ2v) is 5.82. The molecule has 120 valence electrons. The monoisotopic (exact) mass is 337 g/mol. The van der Waals surface area contributed by atoms with Crippen molar-refractivity contribution in [2.45, 2.75) is 6.92 Å². The fourth-order valence-electron chi connectivity index (χ4n) is 2.29. The Balaban J connectivity index is 1.87. The van der Waals surface area contributed by atoms with Crippen LogP contribution in [0.25, 0.3) is 0 Å². The summed E-state index contributed by atoms with van der Waals surface area (Å²) in [6.45, 7) is 1.94. The average Bonchev–Trinajstić information content (AvgIpc) is 2.58. The van der Waals surface area contributed by atoms with Crippen molar-refractivity contribution in [3.8, 4) is 11.5 Å². The fraction of sp³-hybridized carbons (Fsp3) is 0.0500. The Morgan fingerprint density at radius 2 is 1.75 bits per heavy atom. The molecule has 3 aromatic rings. The third-order valence-corrected chi connectivity index (χ3v) is 3.68. The van der Waals surface area contributed by atoms with Gasteiger partial charge in [0.2, 0.25) is 0 Å². The Morgan fingerprint density at radius 1 is 0.958 bits per heavy atom. The molecule has 0 heterocycles. The molecule has 0 fully saturated rings. The van der Waals surface area contributed by atoms with Crippen molar-refractivity contribution in [1.82, 2.24) is 0 Å². The van der Waals surface area contributed by atoms with Crippen LogP contribution in [0.15, 0.2) is 72.8 Å². The number of aryl methyl sites for hydroxylation is 1. The number of para-hydroxylation sites is 1. The zero-order valence-corrected chi connectivity index (χ0v) is 13.9. The number of rotatable bonds is 4. The van der Waals surface area contributed by atoms with Crippen molar-refractivity contribution in [3.05, 3.63) is 88.9 Å². The zero-order valence-electron chi connectivity index (χ0n) is 13.1. The minimum atomic E-state index is -0.209. The van der Waals surface area contributed by atoms with Crippen molar-refractivity contribution in [2.75, 3.05) is 5.32 Å². The van der Waals surface area contributed by atoms with E-state index in [-0.39, 0.29) is 5.91 Å². The molecule has 0 aliphatic rings. The summed E-state index contributed by atoms with van der Waals surface area (Å²) in [6, 6.07) is 21.9. The molecule has 3 nitrogen and oxygen atoms in total. The molecular formula is C20H16ClNO2. The van der Waals surface area contributed by atoms with Gasteiger partial charge in [-0.15, -0.1) is 0 Å². The van der Waals surface area contributed by atoms with Crippen LogP contribution in [0.3, 0.4) is 0 Å². The summed E-state index contributed by atoms with van der Waals surface area (Å²) in [5.74, 6) is 1.01. The highest BCUT2D eigenvalue weighted by atomic mass is 35.5. The van der Waals surface area contributed by atoms with Crippen LogP contribution < -0.4 is 10.1 Å². The summed E-state index contributed by atoms with van der Waals surface area (Å²) in [6.07, 6.45) is 0. The van der Waals surface area contributed by atoms with Crippen molar-refractivity contribution in [2.24, 2.45) is 0 Å². The quantitative estimate of drug-likeness (QED) is 0.663. The van der Waals surface area contributed by atoms with Gasteiger partial charge in [-0.05, 0) is 49.4 Å². The van der Waals surface area contributed by atoms with Crippen molar-refractivity contribution in [3.63, 3.8) is 0 Å². The van der Waals surface area contributed by atoms with Gasteiger partial charge < -0.3 is 10.1 Å². The lowest BCUT2D eigenvalue weighted by Gasteiger charge is -2.13. The molecular weight excluding hydrogens is 322 g/mol. The van der Waals surface area contributed by atoms with E-state index in [2.05, 4.69) is 5.32 Å². The first-order valence-electron chi connectivity index (χ1n) is 7.52. The molecule has 0 atom stereocenters. The number of carbonyl (C=O) groups excluding carboxylic acids is 1. The number of halogens is 1. The number of hydrogen-bond donors (Lipinski definition) is 1. The average molecular weight is 338 g/mol. The number of anilines is 1. The molecule has 3 rings (SSSR count). The van der Waals surface area contributed by atoms with Crippen LogP contribution in [0, 0.1) is 6.92 Å². The van der Waals surface area contributed by atoms with Gasteiger partial charge in [0.1, 0.15) is 5.75 Å². The van der Waals surface area contributed by atoms with E-state index < -0.39 is 0 Å². The van der Waals surface area contributed by atoms with Crippen LogP contribution in [-0.2, 0) is 0 Å². The Kier molecular flexibility index (Phi) is 4.82. The van der Waals surface area contributed by atoms with E-state index in [1.807, 2.05) is 55.5 Å². The molecule has 0 bridgehead atoms. The SMILES string of the molecule is Cc1cccc(C(=O)Nc2cc(Cl)ccc2Oc2ccccc2)c1. The number of ether oxygens (including phenoxy) is 1. The first-order valence-corrected chi connectivity index (χ1v) is 7.90. The van der Waals surface area contributed by atoms with E-state index >= 15 is 0 Å². The highest BCUT2D eigenvalue weighted by molar-refractivity contribution is 6.31. The molecule has 0 spiro atoms. The molecule has 24 heavy (non-hydrogen) atoms. The Labute approximate surface area is 145 Å². The standard InChI is InChI=1S/C20H16ClNO2/c1-14-6-5-7-15(12-14)20(23)22-18-13-16(21)10-11-19(18)24-17-8-3-2-4-9-17/h2-13H,1H3,(H,22,23). The van der Waals surface area contributed by atoms with Crippen LogP contribution in [0.5, 0.6) is 11.5 Å². The van der Waals surface area contributed by atoms with E-state index in [4.69, 9.17) is 16.3 Å². The number of amides is 1. The van der Waals surface area contributed by atoms with Crippen molar-refractivity contribution >= 4 is 23.2 Å². The maximum absolute atomic E-state index is 12.5.